The van der Waals surface area contributed by atoms with Crippen LogP contribution < -0.4 is 10.1 Å². The van der Waals surface area contributed by atoms with Crippen LogP contribution in [0.5, 0.6) is 5.75 Å². The number of nitrogens with zero attached hydrogens (tertiary/aromatic N) is 1. The van der Waals surface area contributed by atoms with E-state index in [0.29, 0.717) is 17.5 Å². The summed E-state index contributed by atoms with van der Waals surface area (Å²) < 4.78 is 57.9. The Bertz CT molecular complexity index is 1020. The Balaban J connectivity index is 1.78. The molecule has 0 aliphatic rings. The minimum Gasteiger partial charge on any atom is -0.496 e. The first-order valence-electron chi connectivity index (χ1n) is 8.52. The molecule has 0 spiro atoms. The lowest BCUT2D eigenvalue weighted by molar-refractivity contribution is -0.140. The molecule has 0 unspecified atom stereocenters. The molecule has 0 saturated heterocycles. The topological polar surface area (TPSA) is 51.2 Å². The van der Waals surface area contributed by atoms with Crippen LogP contribution >= 0.6 is 0 Å². The van der Waals surface area contributed by atoms with Gasteiger partial charge in [0.2, 0.25) is 5.91 Å². The number of ether oxygens (including phenoxy) is 1. The molecule has 1 N–H and O–H groups in total. The number of nitrogens with one attached hydrogen (secondary N) is 1. The number of halogens is 4. The van der Waals surface area contributed by atoms with Crippen molar-refractivity contribution in [1.29, 1.82) is 0 Å². The van der Waals surface area contributed by atoms with Gasteiger partial charge in [0.1, 0.15) is 11.6 Å². The number of aromatic nitrogens is 1. The molecule has 0 aliphatic heterocycles. The van der Waals surface area contributed by atoms with Gasteiger partial charge in [-0.15, -0.1) is 0 Å². The number of anilines is 1. The third-order valence-corrected chi connectivity index (χ3v) is 4.21. The Labute approximate surface area is 164 Å². The average Bonchev–Trinajstić information content (AvgIpc) is 2.69. The molecule has 150 valence electrons. The van der Waals surface area contributed by atoms with E-state index in [2.05, 4.69) is 10.3 Å². The molecular weight excluding hydrogens is 388 g/mol. The van der Waals surface area contributed by atoms with Crippen LogP contribution in [-0.4, -0.2) is 18.0 Å². The minimum absolute atomic E-state index is 0.335. The zero-order valence-corrected chi connectivity index (χ0v) is 15.3. The fourth-order valence-electron chi connectivity index (χ4n) is 2.85. The van der Waals surface area contributed by atoms with Gasteiger partial charge in [-0.3, -0.25) is 9.78 Å². The summed E-state index contributed by atoms with van der Waals surface area (Å²) in [6.07, 6.45) is -2.10. The first-order chi connectivity index (χ1) is 13.8. The Hall–Kier alpha value is -3.42. The highest BCUT2D eigenvalue weighted by atomic mass is 19.4. The molecule has 1 amide bonds. The van der Waals surface area contributed by atoms with Gasteiger partial charge in [-0.2, -0.15) is 13.2 Å². The van der Waals surface area contributed by atoms with E-state index in [1.807, 2.05) is 0 Å². The number of amides is 1. The number of benzene rings is 2. The average molecular weight is 404 g/mol. The molecule has 0 aliphatic carbocycles. The van der Waals surface area contributed by atoms with E-state index >= 15 is 0 Å². The summed E-state index contributed by atoms with van der Waals surface area (Å²) in [5.74, 6) is -1.61. The van der Waals surface area contributed by atoms with E-state index in [4.69, 9.17) is 4.74 Å². The monoisotopic (exact) mass is 404 g/mol. The third-order valence-electron chi connectivity index (χ3n) is 4.21. The number of pyridine rings is 1. The quantitative estimate of drug-likeness (QED) is 0.603. The van der Waals surface area contributed by atoms with Gasteiger partial charge in [-0.25, -0.2) is 4.39 Å². The van der Waals surface area contributed by atoms with Crippen LogP contribution in [0.3, 0.4) is 0 Å². The van der Waals surface area contributed by atoms with Crippen LogP contribution in [0.4, 0.5) is 23.2 Å². The second-order valence-corrected chi connectivity index (χ2v) is 6.15. The maximum Gasteiger partial charge on any atom is 0.419 e. The SMILES string of the molecule is COc1cc(NC(=O)Cc2cccc(C(F)(F)F)c2F)ccc1-c1ccncc1. The smallest absolute Gasteiger partial charge is 0.419 e. The van der Waals surface area contributed by atoms with Crippen LogP contribution in [0.15, 0.2) is 60.9 Å². The summed E-state index contributed by atoms with van der Waals surface area (Å²) >= 11 is 0. The Morgan fingerprint density at radius 3 is 2.48 bits per heavy atom. The Morgan fingerprint density at radius 2 is 1.83 bits per heavy atom. The summed E-state index contributed by atoms with van der Waals surface area (Å²) in [4.78, 5) is 16.2. The maximum absolute atomic E-state index is 14.1. The molecule has 3 rings (SSSR count). The molecule has 1 heterocycles. The van der Waals surface area contributed by atoms with E-state index in [1.54, 1.807) is 42.7 Å². The molecule has 0 bridgehead atoms. The van der Waals surface area contributed by atoms with E-state index < -0.39 is 29.9 Å². The first-order valence-corrected chi connectivity index (χ1v) is 8.52. The second kappa shape index (κ2) is 8.30. The van der Waals surface area contributed by atoms with Crippen molar-refractivity contribution >= 4 is 11.6 Å². The summed E-state index contributed by atoms with van der Waals surface area (Å²) in [6.45, 7) is 0. The van der Waals surface area contributed by atoms with Gasteiger partial charge in [0.25, 0.3) is 0 Å². The van der Waals surface area contributed by atoms with Crippen molar-refractivity contribution < 1.29 is 27.1 Å². The third kappa shape index (κ3) is 4.71. The van der Waals surface area contributed by atoms with E-state index in [9.17, 15) is 22.4 Å². The lowest BCUT2D eigenvalue weighted by Gasteiger charge is -2.13. The molecule has 8 heteroatoms. The molecule has 0 fully saturated rings. The van der Waals surface area contributed by atoms with Crippen LogP contribution in [0.1, 0.15) is 11.1 Å². The highest BCUT2D eigenvalue weighted by molar-refractivity contribution is 5.93. The minimum atomic E-state index is -4.83. The largest absolute Gasteiger partial charge is 0.496 e. The highest BCUT2D eigenvalue weighted by Crippen LogP contribution is 2.33. The van der Waals surface area contributed by atoms with E-state index in [-0.39, 0.29) is 5.56 Å². The molecule has 3 aromatic rings. The van der Waals surface area contributed by atoms with Crippen molar-refractivity contribution in [2.75, 3.05) is 12.4 Å². The van der Waals surface area contributed by atoms with Crippen molar-refractivity contribution in [3.63, 3.8) is 0 Å². The number of methoxy groups -OCH3 is 1. The van der Waals surface area contributed by atoms with Crippen molar-refractivity contribution in [2.45, 2.75) is 12.6 Å². The summed E-state index contributed by atoms with van der Waals surface area (Å²) in [7, 11) is 1.48. The van der Waals surface area contributed by atoms with Gasteiger partial charge >= 0.3 is 6.18 Å². The van der Waals surface area contributed by atoms with Crippen molar-refractivity contribution in [1.82, 2.24) is 4.98 Å². The summed E-state index contributed by atoms with van der Waals surface area (Å²) in [5.41, 5.74) is 0.276. The molecule has 0 atom stereocenters. The summed E-state index contributed by atoms with van der Waals surface area (Å²) in [5, 5.41) is 2.55. The van der Waals surface area contributed by atoms with E-state index in [1.165, 1.54) is 7.11 Å². The van der Waals surface area contributed by atoms with Crippen molar-refractivity contribution in [3.8, 4) is 16.9 Å². The number of rotatable bonds is 5. The number of carbonyl (C=O) groups is 1. The molecular formula is C21H16F4N2O2. The molecule has 0 saturated carbocycles. The fraction of sp³-hybridized carbons (Fsp3) is 0.143. The Kier molecular flexibility index (Phi) is 5.81. The number of carbonyl (C=O) groups excluding carboxylic acids is 1. The molecule has 2 aromatic carbocycles. The van der Waals surface area contributed by atoms with Crippen LogP contribution in [-0.2, 0) is 17.4 Å². The predicted molar refractivity (Wildman–Crippen MR) is 100.0 cm³/mol. The van der Waals surface area contributed by atoms with Crippen molar-refractivity contribution in [2.24, 2.45) is 0 Å². The predicted octanol–water partition coefficient (Wildman–Crippen LogP) is 5.10. The number of hydrogen-bond donors (Lipinski definition) is 1. The van der Waals surface area contributed by atoms with Crippen molar-refractivity contribution in [3.05, 3.63) is 77.9 Å². The number of alkyl halides is 3. The lowest BCUT2D eigenvalue weighted by atomic mass is 10.0. The maximum atomic E-state index is 14.1. The first kappa shape index (κ1) is 20.3. The molecule has 4 nitrogen and oxygen atoms in total. The van der Waals surface area contributed by atoms with Crippen LogP contribution in [0, 0.1) is 5.82 Å². The van der Waals surface area contributed by atoms with Gasteiger partial charge < -0.3 is 10.1 Å². The standard InChI is InChI=1S/C21H16F4N2O2/c1-29-18-12-15(5-6-16(18)13-7-9-26-10-8-13)27-19(28)11-14-3-2-4-17(20(14)22)21(23,24)25/h2-10,12H,11H2,1H3,(H,27,28). The zero-order valence-electron chi connectivity index (χ0n) is 15.3. The highest BCUT2D eigenvalue weighted by Gasteiger charge is 2.34. The fourth-order valence-corrected chi connectivity index (χ4v) is 2.85. The normalized spacial score (nSPS) is 11.2. The van der Waals surface area contributed by atoms with Crippen LogP contribution in [0.2, 0.25) is 0 Å². The van der Waals surface area contributed by atoms with Gasteiger partial charge in [0.15, 0.2) is 0 Å². The lowest BCUT2D eigenvalue weighted by Crippen LogP contribution is -2.17. The Morgan fingerprint density at radius 1 is 1.10 bits per heavy atom. The zero-order chi connectivity index (χ0) is 21.0. The molecule has 29 heavy (non-hydrogen) atoms. The van der Waals surface area contributed by atoms with Gasteiger partial charge in [-0.1, -0.05) is 12.1 Å². The van der Waals surface area contributed by atoms with Crippen LogP contribution in [0.25, 0.3) is 11.1 Å². The van der Waals surface area contributed by atoms with Gasteiger partial charge in [0.05, 0.1) is 19.1 Å². The van der Waals surface area contributed by atoms with Gasteiger partial charge in [0, 0.05) is 29.7 Å². The van der Waals surface area contributed by atoms with Gasteiger partial charge in [-0.05, 0) is 41.5 Å². The molecule has 0 radical (unpaired) electrons. The summed E-state index contributed by atoms with van der Waals surface area (Å²) in [6, 6.07) is 11.4. The molecule has 1 aromatic heterocycles. The number of hydrogen-bond acceptors (Lipinski definition) is 3. The second-order valence-electron chi connectivity index (χ2n) is 6.15. The van der Waals surface area contributed by atoms with E-state index in [0.717, 1.165) is 23.3 Å².